The summed E-state index contributed by atoms with van der Waals surface area (Å²) in [7, 11) is 0. The second-order valence-corrected chi connectivity index (χ2v) is 2.72. The van der Waals surface area contributed by atoms with Crippen LogP contribution in [0.5, 0.6) is 0 Å². The van der Waals surface area contributed by atoms with Crippen LogP contribution in [0.25, 0.3) is 0 Å². The Morgan fingerprint density at radius 2 is 1.86 bits per heavy atom. The molecule has 0 bridgehead atoms. The van der Waals surface area contributed by atoms with Crippen molar-refractivity contribution in [1.29, 1.82) is 0 Å². The summed E-state index contributed by atoms with van der Waals surface area (Å²) in [5, 5.41) is 26.6. The fourth-order valence-electron chi connectivity index (χ4n) is 1.16. The molecule has 0 spiro atoms. The third kappa shape index (κ3) is 2.21. The minimum absolute atomic E-state index is 0.0183. The van der Waals surface area contributed by atoms with Gasteiger partial charge in [-0.05, 0) is 13.3 Å². The molecule has 6 heteroatoms. The van der Waals surface area contributed by atoms with Crippen LogP contribution in [0.15, 0.2) is 0 Å². The highest BCUT2D eigenvalue weighted by Gasteiger charge is 2.48. The average molecular weight is 206 g/mol. The van der Waals surface area contributed by atoms with Crippen LogP contribution in [0.2, 0.25) is 0 Å². The molecular formula is C8H14O6. The molecule has 0 aromatic rings. The summed E-state index contributed by atoms with van der Waals surface area (Å²) in [6.07, 6.45) is -2.19. The van der Waals surface area contributed by atoms with Gasteiger partial charge in [0, 0.05) is 6.61 Å². The maximum absolute atomic E-state index is 10.8. The van der Waals surface area contributed by atoms with E-state index < -0.39 is 23.6 Å². The zero-order valence-electron chi connectivity index (χ0n) is 8.06. The zero-order valence-corrected chi connectivity index (χ0v) is 8.06. The lowest BCUT2D eigenvalue weighted by Crippen LogP contribution is -2.54. The molecule has 0 amide bonds. The van der Waals surface area contributed by atoms with Gasteiger partial charge in [-0.3, -0.25) is 0 Å². The molecule has 0 saturated carbocycles. The van der Waals surface area contributed by atoms with E-state index in [4.69, 9.17) is 14.9 Å². The minimum Gasteiger partial charge on any atom is -0.479 e. The van der Waals surface area contributed by atoms with Crippen molar-refractivity contribution in [2.45, 2.75) is 32.0 Å². The van der Waals surface area contributed by atoms with Crippen molar-refractivity contribution in [2.24, 2.45) is 0 Å². The lowest BCUT2D eigenvalue weighted by molar-refractivity contribution is -0.193. The van der Waals surface area contributed by atoms with Crippen LogP contribution >= 0.6 is 0 Å². The molecular weight excluding hydrogens is 192 g/mol. The number of carbonyl (C=O) groups is 2. The Kier molecular flexibility index (Phi) is 4.52. The van der Waals surface area contributed by atoms with Gasteiger partial charge < -0.3 is 20.1 Å². The Balaban J connectivity index is 5.02. The van der Waals surface area contributed by atoms with E-state index in [1.165, 1.54) is 13.8 Å². The Hall–Kier alpha value is -1.14. The molecule has 0 aliphatic rings. The summed E-state index contributed by atoms with van der Waals surface area (Å²) >= 11 is 0. The van der Waals surface area contributed by atoms with Gasteiger partial charge in [-0.1, -0.05) is 6.92 Å². The van der Waals surface area contributed by atoms with Crippen molar-refractivity contribution in [3.05, 3.63) is 0 Å². The molecule has 0 fully saturated rings. The van der Waals surface area contributed by atoms with Crippen LogP contribution in [0, 0.1) is 0 Å². The van der Waals surface area contributed by atoms with Crippen molar-refractivity contribution in [2.75, 3.05) is 6.61 Å². The monoisotopic (exact) mass is 206 g/mol. The number of aliphatic carboxylic acids is 2. The first-order valence-electron chi connectivity index (χ1n) is 4.20. The van der Waals surface area contributed by atoms with Crippen LogP contribution in [0.4, 0.5) is 0 Å². The van der Waals surface area contributed by atoms with Crippen LogP contribution in [-0.2, 0) is 14.3 Å². The van der Waals surface area contributed by atoms with Crippen LogP contribution < -0.4 is 0 Å². The quantitative estimate of drug-likeness (QED) is 0.551. The molecule has 0 aliphatic heterocycles. The lowest BCUT2D eigenvalue weighted by atomic mass is 9.93. The number of rotatable bonds is 6. The van der Waals surface area contributed by atoms with Crippen molar-refractivity contribution < 1.29 is 29.6 Å². The highest BCUT2D eigenvalue weighted by molar-refractivity contribution is 5.87. The molecule has 0 heterocycles. The van der Waals surface area contributed by atoms with Crippen molar-refractivity contribution in [1.82, 2.24) is 0 Å². The molecule has 0 saturated heterocycles. The topological polar surface area (TPSA) is 104 Å². The summed E-state index contributed by atoms with van der Waals surface area (Å²) in [5.74, 6) is -3.08. The van der Waals surface area contributed by atoms with Crippen molar-refractivity contribution in [3.8, 4) is 0 Å². The molecule has 14 heavy (non-hydrogen) atoms. The average Bonchev–Trinajstić information content (AvgIpc) is 2.12. The summed E-state index contributed by atoms with van der Waals surface area (Å²) in [5.41, 5.74) is -2.05. The molecule has 0 aromatic heterocycles. The number of hydrogen-bond acceptors (Lipinski definition) is 4. The first-order chi connectivity index (χ1) is 6.42. The Bertz CT molecular complexity index is 226. The second-order valence-electron chi connectivity index (χ2n) is 2.72. The number of carboxylic acids is 2. The third-order valence-electron chi connectivity index (χ3n) is 1.96. The largest absolute Gasteiger partial charge is 0.479 e. The molecule has 6 nitrogen and oxygen atoms in total. The predicted molar refractivity (Wildman–Crippen MR) is 45.9 cm³/mol. The standard InChI is InChI=1S/C8H14O6/c1-3-8(7(12)13,14-4-2)5(9)6(10)11/h5,9H,3-4H2,1-2H3,(H,10,11)(H,12,13)/t5?,8-/m0/s1. The van der Waals surface area contributed by atoms with Gasteiger partial charge in [-0.25, -0.2) is 9.59 Å². The first-order valence-corrected chi connectivity index (χ1v) is 4.20. The summed E-state index contributed by atoms with van der Waals surface area (Å²) < 4.78 is 4.83. The van der Waals surface area contributed by atoms with Gasteiger partial charge >= 0.3 is 11.9 Å². The summed E-state index contributed by atoms with van der Waals surface area (Å²) in [6.45, 7) is 2.99. The van der Waals surface area contributed by atoms with Gasteiger partial charge in [0.15, 0.2) is 6.10 Å². The normalized spacial score (nSPS) is 17.1. The maximum Gasteiger partial charge on any atom is 0.339 e. The van der Waals surface area contributed by atoms with Gasteiger partial charge in [0.1, 0.15) is 0 Å². The number of aliphatic hydroxyl groups excluding tert-OH is 1. The SMILES string of the molecule is CCO[C@](CC)(C(=O)O)C(O)C(=O)O. The number of hydrogen-bond donors (Lipinski definition) is 3. The highest BCUT2D eigenvalue weighted by atomic mass is 16.5. The number of ether oxygens (including phenoxy) is 1. The van der Waals surface area contributed by atoms with Crippen LogP contribution in [0.1, 0.15) is 20.3 Å². The van der Waals surface area contributed by atoms with E-state index in [2.05, 4.69) is 0 Å². The fourth-order valence-corrected chi connectivity index (χ4v) is 1.16. The van der Waals surface area contributed by atoms with Gasteiger partial charge in [0.2, 0.25) is 5.60 Å². The van der Waals surface area contributed by atoms with Gasteiger partial charge in [0.05, 0.1) is 0 Å². The Morgan fingerprint density at radius 1 is 1.36 bits per heavy atom. The molecule has 1 unspecified atom stereocenters. The molecule has 3 N–H and O–H groups in total. The minimum atomic E-state index is -2.06. The third-order valence-corrected chi connectivity index (χ3v) is 1.96. The van der Waals surface area contributed by atoms with Crippen LogP contribution in [-0.4, -0.2) is 45.6 Å². The Morgan fingerprint density at radius 3 is 2.07 bits per heavy atom. The molecule has 0 aromatic carbocycles. The van der Waals surface area contributed by atoms with Gasteiger partial charge in [-0.2, -0.15) is 0 Å². The van der Waals surface area contributed by atoms with Gasteiger partial charge in [-0.15, -0.1) is 0 Å². The lowest BCUT2D eigenvalue weighted by Gasteiger charge is -2.30. The predicted octanol–water partition coefficient (Wildman–Crippen LogP) is -0.298. The molecule has 2 atom stereocenters. The van der Waals surface area contributed by atoms with E-state index in [1.807, 2.05) is 0 Å². The van der Waals surface area contributed by atoms with E-state index in [-0.39, 0.29) is 13.0 Å². The second kappa shape index (κ2) is 4.92. The van der Waals surface area contributed by atoms with E-state index in [0.717, 1.165) is 0 Å². The van der Waals surface area contributed by atoms with E-state index >= 15 is 0 Å². The van der Waals surface area contributed by atoms with Crippen molar-refractivity contribution >= 4 is 11.9 Å². The Labute approximate surface area is 81.1 Å². The van der Waals surface area contributed by atoms with Gasteiger partial charge in [0.25, 0.3) is 0 Å². The summed E-state index contributed by atoms with van der Waals surface area (Å²) in [6, 6.07) is 0. The highest BCUT2D eigenvalue weighted by Crippen LogP contribution is 2.21. The molecule has 82 valence electrons. The van der Waals surface area contributed by atoms with E-state index in [1.54, 1.807) is 0 Å². The number of carboxylic acid groups (broad SMARTS) is 2. The summed E-state index contributed by atoms with van der Waals surface area (Å²) in [4.78, 5) is 21.3. The molecule has 0 aliphatic carbocycles. The van der Waals surface area contributed by atoms with Crippen molar-refractivity contribution in [3.63, 3.8) is 0 Å². The smallest absolute Gasteiger partial charge is 0.339 e. The maximum atomic E-state index is 10.8. The van der Waals surface area contributed by atoms with E-state index in [0.29, 0.717) is 0 Å². The first kappa shape index (κ1) is 12.9. The van der Waals surface area contributed by atoms with E-state index in [9.17, 15) is 14.7 Å². The van der Waals surface area contributed by atoms with Crippen LogP contribution in [0.3, 0.4) is 0 Å². The molecule has 0 rings (SSSR count). The fraction of sp³-hybridized carbons (Fsp3) is 0.750. The molecule has 0 radical (unpaired) electrons. The number of aliphatic hydroxyl groups is 1. The zero-order chi connectivity index (χ0) is 11.4.